The lowest BCUT2D eigenvalue weighted by Gasteiger charge is -2.35. The van der Waals surface area contributed by atoms with E-state index >= 15 is 0 Å². The Morgan fingerprint density at radius 2 is 1.91 bits per heavy atom. The molecule has 3 amide bonds. The first-order chi connectivity index (χ1) is 15.9. The van der Waals surface area contributed by atoms with Crippen LogP contribution in [0.5, 0.6) is 0 Å². The number of aliphatic hydroxyl groups excluding tert-OH is 1. The molecule has 1 saturated heterocycles. The van der Waals surface area contributed by atoms with Gasteiger partial charge >= 0.3 is 0 Å². The van der Waals surface area contributed by atoms with Gasteiger partial charge in [-0.3, -0.25) is 14.4 Å². The average molecular weight is 491 g/mol. The fourth-order valence-corrected chi connectivity index (χ4v) is 4.79. The van der Waals surface area contributed by atoms with Gasteiger partial charge in [0.25, 0.3) is 0 Å². The van der Waals surface area contributed by atoms with Gasteiger partial charge in [-0.05, 0) is 23.5 Å². The molecule has 8 nitrogen and oxygen atoms in total. The van der Waals surface area contributed by atoms with Crippen LogP contribution in [-0.4, -0.2) is 63.6 Å². The number of hydrogen-bond acceptors (Lipinski definition) is 6. The average Bonchev–Trinajstić information content (AvgIpc) is 3.32. The fraction of sp³-hybridized carbons (Fsp3) is 0.500. The number of alkyl halides is 1. The summed E-state index contributed by atoms with van der Waals surface area (Å²) in [7, 11) is 0. The summed E-state index contributed by atoms with van der Waals surface area (Å²) < 4.78 is 14.8. The maximum atomic E-state index is 14.8. The molecule has 3 rings (SSSR count). The number of β-amino-alcohol motifs (C(OH)–C–C–N with tert-alkyl or cyclic N) is 1. The number of likely N-dealkylation sites (tertiary alicyclic amines) is 1. The van der Waals surface area contributed by atoms with Crippen LogP contribution in [0, 0.1) is 12.3 Å². The molecule has 3 N–H and O–H groups in total. The summed E-state index contributed by atoms with van der Waals surface area (Å²) in [6.45, 7) is 8.32. The highest BCUT2D eigenvalue weighted by atomic mass is 32.1. The molecule has 4 atom stereocenters. The molecule has 1 fully saturated rings. The van der Waals surface area contributed by atoms with Crippen molar-refractivity contribution in [3.8, 4) is 10.4 Å². The summed E-state index contributed by atoms with van der Waals surface area (Å²) >= 11 is 1.54. The van der Waals surface area contributed by atoms with Gasteiger partial charge in [0, 0.05) is 13.5 Å². The zero-order valence-electron chi connectivity index (χ0n) is 20.0. The van der Waals surface area contributed by atoms with Gasteiger partial charge in [-0.1, -0.05) is 45.0 Å². The summed E-state index contributed by atoms with van der Waals surface area (Å²) in [6, 6.07) is 5.12. The quantitative estimate of drug-likeness (QED) is 0.575. The molecule has 1 aliphatic heterocycles. The van der Waals surface area contributed by atoms with Crippen molar-refractivity contribution in [1.82, 2.24) is 20.5 Å². The van der Waals surface area contributed by atoms with Gasteiger partial charge in [0.15, 0.2) is 6.17 Å². The minimum atomic E-state index is -1.93. The molecule has 1 aromatic carbocycles. The first-order valence-electron chi connectivity index (χ1n) is 11.1. The zero-order valence-corrected chi connectivity index (χ0v) is 20.8. The molecule has 1 aromatic heterocycles. The Morgan fingerprint density at radius 1 is 1.26 bits per heavy atom. The van der Waals surface area contributed by atoms with E-state index < -0.39 is 47.5 Å². The Balaban J connectivity index is 1.72. The standard InChI is InChI=1S/C24H31FN4O4S/c1-13-20(34-12-27-13)16-8-6-15(7-9-16)10-26-22(32)19-18(25)17(31)11-29(19)23(33)21(24(3,4)5)28-14(2)30/h6-9,12,17-19,21,31H,10-11H2,1-5H3,(H,26,32)(H,28,30)/t17-,18+,19-,21+/m0/s1. The van der Waals surface area contributed by atoms with Gasteiger partial charge in [0.1, 0.15) is 18.2 Å². The van der Waals surface area contributed by atoms with Crippen molar-refractivity contribution in [1.29, 1.82) is 0 Å². The van der Waals surface area contributed by atoms with E-state index in [1.54, 1.807) is 37.6 Å². The number of hydrogen-bond donors (Lipinski definition) is 3. The van der Waals surface area contributed by atoms with Crippen LogP contribution in [0.15, 0.2) is 29.8 Å². The Morgan fingerprint density at radius 3 is 2.44 bits per heavy atom. The number of amides is 3. The Hall–Kier alpha value is -2.85. The number of carbonyl (C=O) groups is 3. The smallest absolute Gasteiger partial charge is 0.246 e. The molecule has 2 heterocycles. The number of aryl methyl sites for hydroxylation is 1. The van der Waals surface area contributed by atoms with Crippen LogP contribution in [0.4, 0.5) is 4.39 Å². The lowest BCUT2D eigenvalue weighted by molar-refractivity contribution is -0.144. The van der Waals surface area contributed by atoms with E-state index in [-0.39, 0.29) is 13.1 Å². The third-order valence-corrected chi connectivity index (χ3v) is 6.81. The summed E-state index contributed by atoms with van der Waals surface area (Å²) in [5, 5.41) is 15.4. The molecular formula is C24H31FN4O4S. The molecule has 1 aliphatic rings. The molecule has 10 heteroatoms. The van der Waals surface area contributed by atoms with Gasteiger partial charge in [-0.25, -0.2) is 9.37 Å². The lowest BCUT2D eigenvalue weighted by Crippen LogP contribution is -2.58. The third-order valence-electron chi connectivity index (χ3n) is 5.83. The maximum absolute atomic E-state index is 14.8. The minimum Gasteiger partial charge on any atom is -0.388 e. The van der Waals surface area contributed by atoms with Crippen LogP contribution in [0.25, 0.3) is 10.4 Å². The van der Waals surface area contributed by atoms with Gasteiger partial charge in [0.05, 0.1) is 22.6 Å². The minimum absolute atomic E-state index is 0.135. The molecule has 0 unspecified atom stereocenters. The summed E-state index contributed by atoms with van der Waals surface area (Å²) in [4.78, 5) is 44.2. The van der Waals surface area contributed by atoms with E-state index in [1.165, 1.54) is 6.92 Å². The molecule has 0 saturated carbocycles. The molecular weight excluding hydrogens is 459 g/mol. The number of halogens is 1. The topological polar surface area (TPSA) is 112 Å². The lowest BCUT2D eigenvalue weighted by atomic mass is 9.85. The van der Waals surface area contributed by atoms with Gasteiger partial charge < -0.3 is 20.6 Å². The van der Waals surface area contributed by atoms with E-state index in [0.29, 0.717) is 0 Å². The summed E-state index contributed by atoms with van der Waals surface area (Å²) in [5.41, 5.74) is 3.86. The Kier molecular flexibility index (Phi) is 7.72. The number of thiazole rings is 1. The molecule has 34 heavy (non-hydrogen) atoms. The first kappa shape index (κ1) is 25.8. The maximum Gasteiger partial charge on any atom is 0.246 e. The van der Waals surface area contributed by atoms with Crippen molar-refractivity contribution in [2.24, 2.45) is 5.41 Å². The van der Waals surface area contributed by atoms with Crippen LogP contribution in [-0.2, 0) is 20.9 Å². The van der Waals surface area contributed by atoms with Crippen LogP contribution >= 0.6 is 11.3 Å². The number of rotatable bonds is 6. The molecule has 0 bridgehead atoms. The summed E-state index contributed by atoms with van der Waals surface area (Å²) in [6.07, 6.45) is -3.42. The van der Waals surface area contributed by atoms with Crippen molar-refractivity contribution in [3.63, 3.8) is 0 Å². The van der Waals surface area contributed by atoms with Crippen LogP contribution < -0.4 is 10.6 Å². The number of benzene rings is 1. The van der Waals surface area contributed by atoms with E-state index in [0.717, 1.165) is 26.6 Å². The monoisotopic (exact) mass is 490 g/mol. The van der Waals surface area contributed by atoms with Gasteiger partial charge in [0.2, 0.25) is 17.7 Å². The fourth-order valence-electron chi connectivity index (χ4n) is 3.98. The first-order valence-corrected chi connectivity index (χ1v) is 11.9. The number of carbonyl (C=O) groups excluding carboxylic acids is 3. The second-order valence-electron chi connectivity index (χ2n) is 9.63. The predicted octanol–water partition coefficient (Wildman–Crippen LogP) is 2.20. The molecule has 184 valence electrons. The highest BCUT2D eigenvalue weighted by Crippen LogP contribution is 2.29. The third kappa shape index (κ3) is 5.61. The van der Waals surface area contributed by atoms with Crippen molar-refractivity contribution >= 4 is 29.1 Å². The van der Waals surface area contributed by atoms with Crippen molar-refractivity contribution in [2.45, 2.75) is 65.5 Å². The highest BCUT2D eigenvalue weighted by molar-refractivity contribution is 7.13. The largest absolute Gasteiger partial charge is 0.388 e. The number of nitrogens with zero attached hydrogens (tertiary/aromatic N) is 2. The van der Waals surface area contributed by atoms with E-state index in [9.17, 15) is 23.9 Å². The van der Waals surface area contributed by atoms with Crippen molar-refractivity contribution in [3.05, 3.63) is 41.0 Å². The second kappa shape index (κ2) is 10.2. The molecule has 0 aliphatic carbocycles. The molecule has 0 spiro atoms. The van der Waals surface area contributed by atoms with Crippen LogP contribution in [0.1, 0.15) is 39.0 Å². The Bertz CT molecular complexity index is 1050. The van der Waals surface area contributed by atoms with Gasteiger partial charge in [-0.2, -0.15) is 0 Å². The van der Waals surface area contributed by atoms with E-state index in [2.05, 4.69) is 15.6 Å². The van der Waals surface area contributed by atoms with Crippen molar-refractivity contribution < 1.29 is 23.9 Å². The zero-order chi connectivity index (χ0) is 25.2. The number of aromatic nitrogens is 1. The predicted molar refractivity (Wildman–Crippen MR) is 128 cm³/mol. The van der Waals surface area contributed by atoms with E-state index in [4.69, 9.17) is 0 Å². The SMILES string of the molecule is CC(=O)N[C@H](C(=O)N1C[C@H](O)[C@@H](F)[C@H]1C(=O)NCc1ccc(-c2scnc2C)cc1)C(C)(C)C. The van der Waals surface area contributed by atoms with E-state index in [1.807, 2.05) is 31.2 Å². The van der Waals surface area contributed by atoms with Crippen LogP contribution in [0.2, 0.25) is 0 Å². The molecule has 2 aromatic rings. The van der Waals surface area contributed by atoms with Gasteiger partial charge in [-0.15, -0.1) is 11.3 Å². The molecule has 0 radical (unpaired) electrons. The van der Waals surface area contributed by atoms with Crippen LogP contribution in [0.3, 0.4) is 0 Å². The normalized spacial score (nSPS) is 21.3. The van der Waals surface area contributed by atoms with Crippen molar-refractivity contribution in [2.75, 3.05) is 6.54 Å². The summed E-state index contributed by atoms with van der Waals surface area (Å²) in [5.74, 6) is -1.72. The number of nitrogens with one attached hydrogen (secondary N) is 2. The second-order valence-corrected chi connectivity index (χ2v) is 10.5. The Labute approximate surface area is 202 Å². The number of aliphatic hydroxyl groups is 1. The highest BCUT2D eigenvalue weighted by Gasteiger charge is 2.50.